The fraction of sp³-hybridized carbons (Fsp3) is 0.750. The monoisotopic (exact) mass is 209 g/mol. The fourth-order valence-corrected chi connectivity index (χ4v) is 1.68. The van der Waals surface area contributed by atoms with Crippen LogP contribution in [0.5, 0.6) is 0 Å². The summed E-state index contributed by atoms with van der Waals surface area (Å²) in [6, 6.07) is 0.628. The minimum atomic E-state index is 0.628. The van der Waals surface area contributed by atoms with Gasteiger partial charge >= 0.3 is 0 Å². The van der Waals surface area contributed by atoms with Crippen molar-refractivity contribution in [2.75, 3.05) is 0 Å². The molecule has 0 radical (unpaired) electrons. The normalized spacial score (nSPS) is 15.1. The zero-order valence-corrected chi connectivity index (χ0v) is 10.1. The van der Waals surface area contributed by atoms with Crippen molar-refractivity contribution in [2.45, 2.75) is 52.6 Å². The van der Waals surface area contributed by atoms with Crippen molar-refractivity contribution in [1.82, 2.24) is 15.3 Å². The second-order valence-electron chi connectivity index (χ2n) is 4.31. The Morgan fingerprint density at radius 2 is 2.20 bits per heavy atom. The third kappa shape index (κ3) is 4.47. The summed E-state index contributed by atoms with van der Waals surface area (Å²) in [6.07, 6.45) is 7.33. The van der Waals surface area contributed by atoms with Gasteiger partial charge in [-0.2, -0.15) is 0 Å². The van der Waals surface area contributed by atoms with Crippen molar-refractivity contribution < 1.29 is 0 Å². The highest BCUT2D eigenvalue weighted by Crippen LogP contribution is 2.12. The molecule has 1 rings (SSSR count). The molecule has 3 nitrogen and oxygen atoms in total. The maximum atomic E-state index is 4.01. The summed E-state index contributed by atoms with van der Waals surface area (Å²) in [5.41, 5.74) is 1.16. The van der Waals surface area contributed by atoms with Crippen LogP contribution in [0.2, 0.25) is 0 Å². The van der Waals surface area contributed by atoms with Crippen LogP contribution in [0, 0.1) is 5.92 Å². The molecule has 86 valence electrons. The topological polar surface area (TPSA) is 40.7 Å². The molecule has 0 bridgehead atoms. The number of nitrogens with one attached hydrogen (secondary N) is 2. The van der Waals surface area contributed by atoms with Gasteiger partial charge in [0.05, 0.1) is 6.33 Å². The Bertz CT molecular complexity index is 243. The minimum Gasteiger partial charge on any atom is -0.347 e. The van der Waals surface area contributed by atoms with E-state index in [0.717, 1.165) is 18.2 Å². The average molecular weight is 209 g/mol. The second-order valence-corrected chi connectivity index (χ2v) is 4.31. The summed E-state index contributed by atoms with van der Waals surface area (Å²) in [5.74, 6) is 0.809. The van der Waals surface area contributed by atoms with Crippen LogP contribution in [0.4, 0.5) is 0 Å². The van der Waals surface area contributed by atoms with Gasteiger partial charge in [0, 0.05) is 24.5 Å². The van der Waals surface area contributed by atoms with Crippen molar-refractivity contribution in [2.24, 2.45) is 5.92 Å². The third-order valence-corrected chi connectivity index (χ3v) is 3.01. The predicted molar refractivity (Wildman–Crippen MR) is 63.6 cm³/mol. The molecule has 2 atom stereocenters. The molecule has 1 heterocycles. The van der Waals surface area contributed by atoms with Crippen molar-refractivity contribution >= 4 is 0 Å². The molecular formula is C12H23N3. The molecule has 1 aromatic heterocycles. The quantitative estimate of drug-likeness (QED) is 0.725. The maximum absolute atomic E-state index is 4.01. The lowest BCUT2D eigenvalue weighted by molar-refractivity contribution is 0.383. The molecule has 0 aliphatic carbocycles. The molecule has 3 heteroatoms. The first-order valence-corrected chi connectivity index (χ1v) is 5.96. The average Bonchev–Trinajstić information content (AvgIpc) is 2.76. The Labute approximate surface area is 92.7 Å². The first-order chi connectivity index (χ1) is 7.26. The molecule has 0 aliphatic rings. The van der Waals surface area contributed by atoms with Gasteiger partial charge in [0.25, 0.3) is 0 Å². The van der Waals surface area contributed by atoms with Crippen LogP contribution in [-0.4, -0.2) is 16.0 Å². The molecule has 15 heavy (non-hydrogen) atoms. The zero-order chi connectivity index (χ0) is 11.1. The summed E-state index contributed by atoms with van der Waals surface area (Å²) in [4.78, 5) is 7.12. The van der Waals surface area contributed by atoms with Gasteiger partial charge in [-0.25, -0.2) is 4.98 Å². The summed E-state index contributed by atoms with van der Waals surface area (Å²) in [6.45, 7) is 7.72. The van der Waals surface area contributed by atoms with Gasteiger partial charge in [-0.05, 0) is 18.8 Å². The van der Waals surface area contributed by atoms with E-state index in [1.165, 1.54) is 19.3 Å². The summed E-state index contributed by atoms with van der Waals surface area (Å²) < 4.78 is 0. The molecule has 2 N–H and O–H groups in total. The lowest BCUT2D eigenvalue weighted by Crippen LogP contribution is -2.29. The van der Waals surface area contributed by atoms with Crippen molar-refractivity contribution in [3.63, 3.8) is 0 Å². The van der Waals surface area contributed by atoms with Crippen LogP contribution in [0.1, 0.15) is 45.7 Å². The van der Waals surface area contributed by atoms with Gasteiger partial charge < -0.3 is 10.3 Å². The summed E-state index contributed by atoms with van der Waals surface area (Å²) >= 11 is 0. The number of hydrogen-bond acceptors (Lipinski definition) is 2. The Hall–Kier alpha value is -0.830. The summed E-state index contributed by atoms with van der Waals surface area (Å²) in [5, 5.41) is 3.57. The van der Waals surface area contributed by atoms with Crippen molar-refractivity contribution in [3.05, 3.63) is 18.2 Å². The molecule has 0 amide bonds. The number of aromatic nitrogens is 2. The van der Waals surface area contributed by atoms with Crippen LogP contribution in [-0.2, 0) is 6.54 Å². The largest absolute Gasteiger partial charge is 0.347 e. The molecule has 0 saturated carbocycles. The molecule has 1 aromatic rings. The Balaban J connectivity index is 2.27. The van der Waals surface area contributed by atoms with Crippen LogP contribution in [0.25, 0.3) is 0 Å². The van der Waals surface area contributed by atoms with Crippen molar-refractivity contribution in [1.29, 1.82) is 0 Å². The Morgan fingerprint density at radius 3 is 2.73 bits per heavy atom. The lowest BCUT2D eigenvalue weighted by atomic mass is 9.98. The van der Waals surface area contributed by atoms with Gasteiger partial charge in [0.1, 0.15) is 0 Å². The van der Waals surface area contributed by atoms with Gasteiger partial charge in [-0.15, -0.1) is 0 Å². The molecule has 0 aromatic carbocycles. The number of hydrogen-bond donors (Lipinski definition) is 2. The van der Waals surface area contributed by atoms with E-state index in [9.17, 15) is 0 Å². The zero-order valence-electron chi connectivity index (χ0n) is 10.1. The highest BCUT2D eigenvalue weighted by molar-refractivity contribution is 4.93. The number of rotatable bonds is 7. The van der Waals surface area contributed by atoms with Crippen molar-refractivity contribution in [3.8, 4) is 0 Å². The molecule has 0 fully saturated rings. The fourth-order valence-electron chi connectivity index (χ4n) is 1.68. The van der Waals surface area contributed by atoms with E-state index >= 15 is 0 Å². The summed E-state index contributed by atoms with van der Waals surface area (Å²) in [7, 11) is 0. The van der Waals surface area contributed by atoms with Crippen LogP contribution < -0.4 is 5.32 Å². The van der Waals surface area contributed by atoms with E-state index in [2.05, 4.69) is 36.1 Å². The highest BCUT2D eigenvalue weighted by Gasteiger charge is 2.09. The Morgan fingerprint density at radius 1 is 1.40 bits per heavy atom. The minimum absolute atomic E-state index is 0.628. The van der Waals surface area contributed by atoms with Gasteiger partial charge in [-0.3, -0.25) is 0 Å². The Kier molecular flexibility index (Phi) is 5.40. The standard InChI is InChI=1S/C12H23N3/c1-4-10(3)6-11(5-2)14-8-12-7-13-9-15-12/h7,9-11,14H,4-6,8H2,1-3H3,(H,13,15). The van der Waals surface area contributed by atoms with E-state index in [1.807, 2.05) is 6.20 Å². The van der Waals surface area contributed by atoms with E-state index in [0.29, 0.717) is 6.04 Å². The van der Waals surface area contributed by atoms with Crippen LogP contribution >= 0.6 is 0 Å². The van der Waals surface area contributed by atoms with Crippen LogP contribution in [0.3, 0.4) is 0 Å². The van der Waals surface area contributed by atoms with Crippen LogP contribution in [0.15, 0.2) is 12.5 Å². The number of nitrogens with zero attached hydrogens (tertiary/aromatic N) is 1. The molecular weight excluding hydrogens is 186 g/mol. The van der Waals surface area contributed by atoms with Gasteiger partial charge in [0.2, 0.25) is 0 Å². The number of aromatic amines is 1. The SMILES string of the molecule is CCC(C)CC(CC)NCc1cnc[nH]1. The first kappa shape index (κ1) is 12.2. The number of H-pyrrole nitrogens is 1. The first-order valence-electron chi connectivity index (χ1n) is 5.96. The lowest BCUT2D eigenvalue weighted by Gasteiger charge is -2.19. The molecule has 0 spiro atoms. The van der Waals surface area contributed by atoms with Gasteiger partial charge in [-0.1, -0.05) is 27.2 Å². The molecule has 0 saturated heterocycles. The third-order valence-electron chi connectivity index (χ3n) is 3.01. The molecule has 0 aliphatic heterocycles. The van der Waals surface area contributed by atoms with Gasteiger partial charge in [0.15, 0.2) is 0 Å². The van der Waals surface area contributed by atoms with E-state index < -0.39 is 0 Å². The van der Waals surface area contributed by atoms with E-state index in [1.54, 1.807) is 6.33 Å². The maximum Gasteiger partial charge on any atom is 0.0922 e. The number of imidazole rings is 1. The highest BCUT2D eigenvalue weighted by atomic mass is 15.0. The van der Waals surface area contributed by atoms with E-state index in [-0.39, 0.29) is 0 Å². The smallest absolute Gasteiger partial charge is 0.0922 e. The molecule has 2 unspecified atom stereocenters. The van der Waals surface area contributed by atoms with E-state index in [4.69, 9.17) is 0 Å². The predicted octanol–water partition coefficient (Wildman–Crippen LogP) is 2.71. The second kappa shape index (κ2) is 6.62.